The van der Waals surface area contributed by atoms with Crippen LogP contribution in [-0.4, -0.2) is 41.6 Å². The number of fused-ring (bicyclic) bond motifs is 2. The second-order valence-electron chi connectivity index (χ2n) is 7.64. The highest BCUT2D eigenvalue weighted by molar-refractivity contribution is 5.85. The highest BCUT2D eigenvalue weighted by atomic mass is 19.3. The van der Waals surface area contributed by atoms with Gasteiger partial charge in [0, 0.05) is 29.6 Å². The molecular formula is C20H21F2N7. The average molecular weight is 397 g/mol. The lowest BCUT2D eigenvalue weighted by molar-refractivity contribution is 0.127. The molecular weight excluding hydrogens is 376 g/mol. The zero-order chi connectivity index (χ0) is 20.1. The Morgan fingerprint density at radius 3 is 2.79 bits per heavy atom. The molecule has 1 aliphatic carbocycles. The van der Waals surface area contributed by atoms with Crippen molar-refractivity contribution < 1.29 is 8.78 Å². The van der Waals surface area contributed by atoms with E-state index in [0.717, 1.165) is 16.6 Å². The molecule has 5 rings (SSSR count). The van der Waals surface area contributed by atoms with Gasteiger partial charge >= 0.3 is 0 Å². The Kier molecular flexibility index (Phi) is 4.18. The van der Waals surface area contributed by atoms with Gasteiger partial charge in [0.2, 0.25) is 5.95 Å². The quantitative estimate of drug-likeness (QED) is 0.534. The van der Waals surface area contributed by atoms with Gasteiger partial charge in [-0.15, -0.1) is 5.10 Å². The monoisotopic (exact) mass is 397 g/mol. The maximum atomic E-state index is 13.0. The van der Waals surface area contributed by atoms with E-state index >= 15 is 0 Å². The van der Waals surface area contributed by atoms with E-state index in [1.54, 1.807) is 23.8 Å². The van der Waals surface area contributed by atoms with Crippen LogP contribution in [0, 0.1) is 12.8 Å². The average Bonchev–Trinajstić information content (AvgIpc) is 3.40. The Bertz CT molecular complexity index is 1190. The third-order valence-electron chi connectivity index (χ3n) is 5.53. The molecule has 4 heterocycles. The molecule has 29 heavy (non-hydrogen) atoms. The fourth-order valence-corrected chi connectivity index (χ4v) is 3.76. The summed E-state index contributed by atoms with van der Waals surface area (Å²) in [5.74, 6) is 1.82. The zero-order valence-corrected chi connectivity index (χ0v) is 16.2. The number of pyridine rings is 1. The number of halogens is 2. The van der Waals surface area contributed by atoms with Crippen LogP contribution in [0.4, 0.5) is 14.7 Å². The van der Waals surface area contributed by atoms with E-state index in [0.29, 0.717) is 34.9 Å². The number of anilines is 1. The molecule has 150 valence electrons. The number of imidazole rings is 1. The van der Waals surface area contributed by atoms with Gasteiger partial charge in [0.15, 0.2) is 5.65 Å². The maximum Gasteiger partial charge on any atom is 0.256 e. The van der Waals surface area contributed by atoms with Gasteiger partial charge in [-0.25, -0.2) is 28.2 Å². The summed E-state index contributed by atoms with van der Waals surface area (Å²) in [6.45, 7) is 3.46. The summed E-state index contributed by atoms with van der Waals surface area (Å²) in [6, 6.07) is 4.13. The number of rotatable bonds is 6. The van der Waals surface area contributed by atoms with Gasteiger partial charge in [-0.3, -0.25) is 0 Å². The lowest BCUT2D eigenvalue weighted by Crippen LogP contribution is -2.19. The van der Waals surface area contributed by atoms with Crippen LogP contribution in [0.2, 0.25) is 0 Å². The van der Waals surface area contributed by atoms with E-state index in [1.165, 1.54) is 17.4 Å². The van der Waals surface area contributed by atoms with Gasteiger partial charge in [0.05, 0.1) is 23.8 Å². The predicted molar refractivity (Wildman–Crippen MR) is 106 cm³/mol. The fourth-order valence-electron chi connectivity index (χ4n) is 3.76. The molecule has 9 heteroatoms. The van der Waals surface area contributed by atoms with Crippen LogP contribution in [0.15, 0.2) is 30.7 Å². The Balaban J connectivity index is 1.52. The number of nitrogens with one attached hydrogen (secondary N) is 1. The smallest absolute Gasteiger partial charge is 0.256 e. The molecule has 0 saturated heterocycles. The van der Waals surface area contributed by atoms with Crippen molar-refractivity contribution in [3.8, 4) is 11.1 Å². The van der Waals surface area contributed by atoms with Crippen molar-refractivity contribution in [1.29, 1.82) is 0 Å². The number of nitrogens with zero attached hydrogens (tertiary/aromatic N) is 6. The standard InChI is InChI=1S/C20H21F2N7/c1-11(13-3-4-13)25-20-24-9-17-15(5-6-29(17)27-20)14-7-16-19(23-8-14)26-12(2)28(16)10-18(21)22/h5-9,11,13,18H,3-4,10H2,1-2H3,(H,25,27). The molecule has 1 atom stereocenters. The summed E-state index contributed by atoms with van der Waals surface area (Å²) in [5, 5.41) is 7.91. The van der Waals surface area contributed by atoms with Gasteiger partial charge in [0.1, 0.15) is 5.82 Å². The Hall–Kier alpha value is -3.10. The van der Waals surface area contributed by atoms with Crippen LogP contribution in [0.1, 0.15) is 25.6 Å². The Morgan fingerprint density at radius 1 is 1.21 bits per heavy atom. The number of aryl methyl sites for hydroxylation is 1. The van der Waals surface area contributed by atoms with E-state index < -0.39 is 13.0 Å². The minimum absolute atomic E-state index is 0.354. The van der Waals surface area contributed by atoms with E-state index in [4.69, 9.17) is 0 Å². The summed E-state index contributed by atoms with van der Waals surface area (Å²) in [5.41, 5.74) is 3.59. The minimum atomic E-state index is -2.46. The second-order valence-corrected chi connectivity index (χ2v) is 7.64. The maximum absolute atomic E-state index is 13.0. The molecule has 0 bridgehead atoms. The second kappa shape index (κ2) is 6.75. The molecule has 0 amide bonds. The van der Waals surface area contributed by atoms with E-state index in [-0.39, 0.29) is 0 Å². The van der Waals surface area contributed by atoms with Gasteiger partial charge in [-0.1, -0.05) is 0 Å². The Labute approximate surface area is 165 Å². The summed E-state index contributed by atoms with van der Waals surface area (Å²) in [7, 11) is 0. The summed E-state index contributed by atoms with van der Waals surface area (Å²) in [4.78, 5) is 13.1. The van der Waals surface area contributed by atoms with Crippen LogP contribution in [0.3, 0.4) is 0 Å². The first-order valence-corrected chi connectivity index (χ1v) is 9.72. The van der Waals surface area contributed by atoms with Crippen LogP contribution in [0.5, 0.6) is 0 Å². The molecule has 1 N–H and O–H groups in total. The molecule has 7 nitrogen and oxygen atoms in total. The molecule has 1 saturated carbocycles. The third-order valence-corrected chi connectivity index (χ3v) is 5.53. The summed E-state index contributed by atoms with van der Waals surface area (Å²) in [6.07, 6.45) is 5.39. The SMILES string of the molecule is Cc1nc2ncc(-c3ccn4nc(NC(C)C5CC5)ncc34)cc2n1CC(F)F. The van der Waals surface area contributed by atoms with Crippen molar-refractivity contribution in [1.82, 2.24) is 29.1 Å². The molecule has 4 aromatic heterocycles. The van der Waals surface area contributed by atoms with E-state index in [9.17, 15) is 8.78 Å². The van der Waals surface area contributed by atoms with Crippen molar-refractivity contribution in [3.05, 3.63) is 36.5 Å². The van der Waals surface area contributed by atoms with Gasteiger partial charge in [-0.05, 0) is 44.7 Å². The van der Waals surface area contributed by atoms with Gasteiger partial charge in [0.25, 0.3) is 6.43 Å². The largest absolute Gasteiger partial charge is 0.350 e. The lowest BCUT2D eigenvalue weighted by Gasteiger charge is -2.12. The number of hydrogen-bond donors (Lipinski definition) is 1. The van der Waals surface area contributed by atoms with Crippen molar-refractivity contribution in [2.75, 3.05) is 5.32 Å². The van der Waals surface area contributed by atoms with E-state index in [1.807, 2.05) is 18.3 Å². The molecule has 4 aromatic rings. The lowest BCUT2D eigenvalue weighted by atomic mass is 10.1. The van der Waals surface area contributed by atoms with Crippen LogP contribution < -0.4 is 5.32 Å². The number of aromatic nitrogens is 6. The topological polar surface area (TPSA) is 72.9 Å². The minimum Gasteiger partial charge on any atom is -0.350 e. The first-order valence-electron chi connectivity index (χ1n) is 9.72. The van der Waals surface area contributed by atoms with Crippen LogP contribution >= 0.6 is 0 Å². The normalized spacial score (nSPS) is 15.5. The van der Waals surface area contributed by atoms with Crippen LogP contribution in [0.25, 0.3) is 27.8 Å². The predicted octanol–water partition coefficient (Wildman–Crippen LogP) is 3.92. The first kappa shape index (κ1) is 18.0. The highest BCUT2D eigenvalue weighted by Crippen LogP contribution is 2.33. The van der Waals surface area contributed by atoms with Gasteiger partial charge in [-0.2, -0.15) is 0 Å². The van der Waals surface area contributed by atoms with E-state index in [2.05, 4.69) is 32.3 Å². The van der Waals surface area contributed by atoms with Crippen molar-refractivity contribution in [2.24, 2.45) is 5.92 Å². The fraction of sp³-hybridized carbons (Fsp3) is 0.400. The molecule has 0 aliphatic heterocycles. The first-order chi connectivity index (χ1) is 14.0. The molecule has 0 aromatic carbocycles. The molecule has 0 spiro atoms. The van der Waals surface area contributed by atoms with Crippen molar-refractivity contribution in [3.63, 3.8) is 0 Å². The summed E-state index contributed by atoms with van der Waals surface area (Å²) < 4.78 is 29.2. The van der Waals surface area contributed by atoms with Crippen LogP contribution in [-0.2, 0) is 6.54 Å². The number of hydrogen-bond acceptors (Lipinski definition) is 5. The number of alkyl halides is 2. The highest BCUT2D eigenvalue weighted by Gasteiger charge is 2.28. The molecule has 1 unspecified atom stereocenters. The van der Waals surface area contributed by atoms with Crippen molar-refractivity contribution >= 4 is 22.6 Å². The summed E-state index contributed by atoms with van der Waals surface area (Å²) >= 11 is 0. The zero-order valence-electron chi connectivity index (χ0n) is 16.2. The molecule has 0 radical (unpaired) electrons. The molecule has 1 aliphatic rings. The Morgan fingerprint density at radius 2 is 2.03 bits per heavy atom. The van der Waals surface area contributed by atoms with Crippen molar-refractivity contribution in [2.45, 2.75) is 45.7 Å². The van der Waals surface area contributed by atoms with Gasteiger partial charge < -0.3 is 9.88 Å². The molecule has 1 fully saturated rings. The third kappa shape index (κ3) is 3.30.